The molecule has 1 rings (SSSR count). The maximum Gasteiger partial charge on any atom is 0.272 e. The maximum atomic E-state index is 10.6. The summed E-state index contributed by atoms with van der Waals surface area (Å²) in [6, 6.07) is 6.59. The van der Waals surface area contributed by atoms with E-state index in [9.17, 15) is 10.1 Å². The molecule has 0 spiro atoms. The van der Waals surface area contributed by atoms with Crippen molar-refractivity contribution in [2.45, 2.75) is 13.8 Å². The number of hydrogen-bond donors (Lipinski definition) is 0. The Labute approximate surface area is 93.4 Å². The first-order valence-corrected chi connectivity index (χ1v) is 4.82. The zero-order valence-electron chi connectivity index (χ0n) is 9.14. The van der Waals surface area contributed by atoms with Crippen LogP contribution in [0, 0.1) is 34.3 Å². The first-order chi connectivity index (χ1) is 7.54. The van der Waals surface area contributed by atoms with Gasteiger partial charge in [0.2, 0.25) is 0 Å². The molecule has 0 aliphatic heterocycles. The van der Waals surface area contributed by atoms with E-state index in [1.807, 2.05) is 6.07 Å². The molecule has 0 saturated carbocycles. The van der Waals surface area contributed by atoms with Gasteiger partial charge in [-0.25, -0.2) is 0 Å². The van der Waals surface area contributed by atoms with Crippen LogP contribution in [0.25, 0.3) is 0 Å². The van der Waals surface area contributed by atoms with Crippen LogP contribution in [-0.2, 0) is 0 Å². The summed E-state index contributed by atoms with van der Waals surface area (Å²) in [6.45, 7) is 3.69. The topological polar surface area (TPSA) is 76.2 Å². The smallest absolute Gasteiger partial charge is 0.272 e. The fourth-order valence-electron chi connectivity index (χ4n) is 1.18. The van der Waals surface area contributed by atoms with Gasteiger partial charge in [0.15, 0.2) is 0 Å². The lowest BCUT2D eigenvalue weighted by molar-refractivity contribution is -0.385. The molecule has 0 aromatic heterocycles. The standard InChI is InChI=1S/C11H12N2O3/c1-8(6-12)7-16-10-3-4-11(13(14)15)9(2)5-10/h3-5,8H,7H2,1-2H3. The van der Waals surface area contributed by atoms with Gasteiger partial charge in [0, 0.05) is 11.6 Å². The molecule has 1 atom stereocenters. The summed E-state index contributed by atoms with van der Waals surface area (Å²) in [5.41, 5.74) is 0.618. The van der Waals surface area contributed by atoms with Gasteiger partial charge in [0.1, 0.15) is 12.4 Å². The second-order valence-corrected chi connectivity index (χ2v) is 3.55. The average Bonchev–Trinajstić information content (AvgIpc) is 2.25. The van der Waals surface area contributed by atoms with E-state index in [2.05, 4.69) is 0 Å². The monoisotopic (exact) mass is 220 g/mol. The molecule has 0 radical (unpaired) electrons. The summed E-state index contributed by atoms with van der Waals surface area (Å²) < 4.78 is 5.33. The van der Waals surface area contributed by atoms with Gasteiger partial charge in [-0.05, 0) is 26.0 Å². The molecule has 16 heavy (non-hydrogen) atoms. The number of nitrogens with zero attached hydrogens (tertiary/aromatic N) is 2. The van der Waals surface area contributed by atoms with E-state index in [4.69, 9.17) is 10.00 Å². The molecular formula is C11H12N2O3. The molecule has 0 heterocycles. The molecule has 0 amide bonds. The first-order valence-electron chi connectivity index (χ1n) is 4.82. The highest BCUT2D eigenvalue weighted by molar-refractivity contribution is 5.44. The van der Waals surface area contributed by atoms with Gasteiger partial charge in [-0.2, -0.15) is 5.26 Å². The van der Waals surface area contributed by atoms with Gasteiger partial charge in [-0.1, -0.05) is 0 Å². The van der Waals surface area contributed by atoms with Crippen LogP contribution in [0.2, 0.25) is 0 Å². The average molecular weight is 220 g/mol. The maximum absolute atomic E-state index is 10.6. The molecule has 1 aromatic rings. The van der Waals surface area contributed by atoms with Crippen molar-refractivity contribution in [1.82, 2.24) is 0 Å². The Morgan fingerprint density at radius 2 is 2.31 bits per heavy atom. The van der Waals surface area contributed by atoms with Crippen molar-refractivity contribution in [2.75, 3.05) is 6.61 Å². The van der Waals surface area contributed by atoms with Gasteiger partial charge >= 0.3 is 0 Å². The highest BCUT2D eigenvalue weighted by Gasteiger charge is 2.11. The van der Waals surface area contributed by atoms with Crippen LogP contribution in [0.15, 0.2) is 18.2 Å². The van der Waals surface area contributed by atoms with E-state index in [0.717, 1.165) is 0 Å². The quantitative estimate of drug-likeness (QED) is 0.576. The van der Waals surface area contributed by atoms with Gasteiger partial charge < -0.3 is 4.74 Å². The lowest BCUT2D eigenvalue weighted by atomic mass is 10.2. The molecule has 5 heteroatoms. The summed E-state index contributed by atoms with van der Waals surface area (Å²) in [4.78, 5) is 10.1. The SMILES string of the molecule is Cc1cc(OCC(C)C#N)ccc1[N+](=O)[O-]. The lowest BCUT2D eigenvalue weighted by Crippen LogP contribution is -2.06. The molecule has 0 saturated heterocycles. The number of benzene rings is 1. The molecule has 84 valence electrons. The first kappa shape index (κ1) is 12.0. The summed E-state index contributed by atoms with van der Waals surface area (Å²) in [7, 11) is 0. The third-order valence-electron chi connectivity index (χ3n) is 2.09. The molecule has 1 aromatic carbocycles. The Kier molecular flexibility index (Phi) is 3.84. The number of ether oxygens (including phenoxy) is 1. The van der Waals surface area contributed by atoms with Gasteiger partial charge in [0.25, 0.3) is 5.69 Å². The largest absolute Gasteiger partial charge is 0.492 e. The third-order valence-corrected chi connectivity index (χ3v) is 2.09. The second-order valence-electron chi connectivity index (χ2n) is 3.55. The minimum atomic E-state index is -0.434. The number of rotatable bonds is 4. The van der Waals surface area contributed by atoms with Crippen molar-refractivity contribution in [1.29, 1.82) is 5.26 Å². The van der Waals surface area contributed by atoms with Crippen molar-refractivity contribution in [3.63, 3.8) is 0 Å². The summed E-state index contributed by atoms with van der Waals surface area (Å²) >= 11 is 0. The van der Waals surface area contributed by atoms with E-state index >= 15 is 0 Å². The molecule has 0 aliphatic carbocycles. The summed E-state index contributed by atoms with van der Waals surface area (Å²) in [5.74, 6) is 0.348. The highest BCUT2D eigenvalue weighted by atomic mass is 16.6. The predicted octanol–water partition coefficient (Wildman–Crippen LogP) is 2.44. The minimum Gasteiger partial charge on any atom is -0.492 e. The van der Waals surface area contributed by atoms with Crippen LogP contribution in [-0.4, -0.2) is 11.5 Å². The normalized spacial score (nSPS) is 11.6. The summed E-state index contributed by atoms with van der Waals surface area (Å²) in [5, 5.41) is 19.1. The third kappa shape index (κ3) is 2.95. The molecule has 5 nitrogen and oxygen atoms in total. The van der Waals surface area contributed by atoms with E-state index in [0.29, 0.717) is 11.3 Å². The zero-order chi connectivity index (χ0) is 12.1. The Hall–Kier alpha value is -2.09. The molecule has 0 aliphatic rings. The minimum absolute atomic E-state index is 0.0701. The predicted molar refractivity (Wildman–Crippen MR) is 58.1 cm³/mol. The number of aryl methyl sites for hydroxylation is 1. The number of nitro groups is 1. The van der Waals surface area contributed by atoms with Crippen LogP contribution in [0.4, 0.5) is 5.69 Å². The Morgan fingerprint density at radius 1 is 1.62 bits per heavy atom. The van der Waals surface area contributed by atoms with E-state index < -0.39 is 4.92 Å². The highest BCUT2D eigenvalue weighted by Crippen LogP contribution is 2.23. The van der Waals surface area contributed by atoms with Crippen molar-refractivity contribution in [2.24, 2.45) is 5.92 Å². The van der Waals surface area contributed by atoms with Crippen molar-refractivity contribution >= 4 is 5.69 Å². The molecule has 0 bridgehead atoms. The zero-order valence-corrected chi connectivity index (χ0v) is 9.14. The van der Waals surface area contributed by atoms with Gasteiger partial charge in [0.05, 0.1) is 16.9 Å². The lowest BCUT2D eigenvalue weighted by Gasteiger charge is -2.07. The molecule has 0 fully saturated rings. The van der Waals surface area contributed by atoms with E-state index in [-0.39, 0.29) is 18.2 Å². The van der Waals surface area contributed by atoms with Crippen molar-refractivity contribution < 1.29 is 9.66 Å². The van der Waals surface area contributed by atoms with Crippen LogP contribution in [0.1, 0.15) is 12.5 Å². The van der Waals surface area contributed by atoms with Crippen LogP contribution >= 0.6 is 0 Å². The molecule has 1 unspecified atom stereocenters. The Bertz CT molecular complexity index is 437. The fourth-order valence-corrected chi connectivity index (χ4v) is 1.18. The van der Waals surface area contributed by atoms with Crippen molar-refractivity contribution in [3.8, 4) is 11.8 Å². The molecule has 0 N–H and O–H groups in total. The Morgan fingerprint density at radius 3 is 2.81 bits per heavy atom. The Balaban J connectivity index is 2.75. The van der Waals surface area contributed by atoms with Crippen LogP contribution in [0.5, 0.6) is 5.75 Å². The van der Waals surface area contributed by atoms with Crippen molar-refractivity contribution in [3.05, 3.63) is 33.9 Å². The fraction of sp³-hybridized carbons (Fsp3) is 0.364. The summed E-state index contributed by atoms with van der Waals surface area (Å²) in [6.07, 6.45) is 0. The number of nitro benzene ring substituents is 1. The van der Waals surface area contributed by atoms with Gasteiger partial charge in [-0.15, -0.1) is 0 Å². The van der Waals surface area contributed by atoms with E-state index in [1.54, 1.807) is 19.9 Å². The number of nitriles is 1. The molecular weight excluding hydrogens is 208 g/mol. The van der Waals surface area contributed by atoms with Crippen LogP contribution in [0.3, 0.4) is 0 Å². The van der Waals surface area contributed by atoms with E-state index in [1.165, 1.54) is 12.1 Å². The number of hydrogen-bond acceptors (Lipinski definition) is 4. The van der Waals surface area contributed by atoms with Crippen LogP contribution < -0.4 is 4.74 Å². The second kappa shape index (κ2) is 5.12. The van der Waals surface area contributed by atoms with Gasteiger partial charge in [-0.3, -0.25) is 10.1 Å².